The molecule has 0 aromatic heterocycles. The van der Waals surface area contributed by atoms with Gasteiger partial charge in [0.2, 0.25) is 11.7 Å². The highest BCUT2D eigenvalue weighted by Crippen LogP contribution is 2.50. The van der Waals surface area contributed by atoms with E-state index >= 15 is 0 Å². The lowest BCUT2D eigenvalue weighted by molar-refractivity contribution is -0.727. The molecule has 4 amide bonds. The molecule has 188 valence electrons. The maximum atomic E-state index is 14.1. The first-order chi connectivity index (χ1) is 16.1. The fourth-order valence-corrected chi connectivity index (χ4v) is 4.92. The third-order valence-electron chi connectivity index (χ3n) is 6.15. The van der Waals surface area contributed by atoms with Crippen molar-refractivity contribution in [1.29, 1.82) is 0 Å². The molecule has 1 saturated heterocycles. The molecule has 1 fully saturated rings. The molecule has 0 saturated carbocycles. The number of quaternary nitrogens is 1. The minimum atomic E-state index is -0.853. The molecule has 4 rings (SSSR count). The lowest BCUT2D eigenvalue weighted by Crippen LogP contribution is -2.63. The van der Waals surface area contributed by atoms with Crippen LogP contribution in [0.4, 0.5) is 4.79 Å². The molecule has 9 heteroatoms. The van der Waals surface area contributed by atoms with Gasteiger partial charge in [-0.3, -0.25) is 9.59 Å². The number of amides is 4. The van der Waals surface area contributed by atoms with Gasteiger partial charge in [0.05, 0.1) is 11.1 Å². The summed E-state index contributed by atoms with van der Waals surface area (Å²) >= 11 is 0. The van der Waals surface area contributed by atoms with Crippen LogP contribution in [0.25, 0.3) is 0 Å². The number of hydrogen-bond donors (Lipinski definition) is 0. The molecule has 1 aromatic rings. The lowest BCUT2D eigenvalue weighted by Gasteiger charge is -2.38. The van der Waals surface area contributed by atoms with Crippen LogP contribution in [0.15, 0.2) is 35.7 Å². The van der Waals surface area contributed by atoms with Crippen LogP contribution in [-0.4, -0.2) is 68.6 Å². The molecule has 0 radical (unpaired) electrons. The second kappa shape index (κ2) is 7.91. The average Bonchev–Trinajstić information content (AvgIpc) is 3.40. The summed E-state index contributed by atoms with van der Waals surface area (Å²) in [5, 5.41) is 2.03. The number of fused-ring (bicyclic) bond motifs is 2. The van der Waals surface area contributed by atoms with Gasteiger partial charge < -0.3 is 9.47 Å². The summed E-state index contributed by atoms with van der Waals surface area (Å²) < 4.78 is 11.6. The van der Waals surface area contributed by atoms with Crippen LogP contribution in [-0.2, 0) is 14.3 Å². The minimum absolute atomic E-state index is 0.0734. The molecular weight excluding hydrogens is 450 g/mol. The molecule has 3 aliphatic heterocycles. The van der Waals surface area contributed by atoms with Crippen LogP contribution in [0.2, 0.25) is 0 Å². The van der Waals surface area contributed by atoms with Crippen molar-refractivity contribution in [2.75, 3.05) is 13.1 Å². The van der Waals surface area contributed by atoms with E-state index in [9.17, 15) is 19.2 Å². The zero-order valence-corrected chi connectivity index (χ0v) is 21.7. The Kier molecular flexibility index (Phi) is 5.63. The third-order valence-corrected chi connectivity index (χ3v) is 6.15. The fraction of sp³-hybridized carbons (Fsp3) is 0.538. The molecule has 1 unspecified atom stereocenters. The highest BCUT2D eigenvalue weighted by atomic mass is 16.6. The number of urea groups is 1. The largest absolute Gasteiger partial charge is 0.484 e. The van der Waals surface area contributed by atoms with E-state index in [4.69, 9.17) is 9.47 Å². The predicted molar refractivity (Wildman–Crippen MR) is 127 cm³/mol. The molecule has 0 bridgehead atoms. The van der Waals surface area contributed by atoms with Crippen molar-refractivity contribution in [3.63, 3.8) is 0 Å². The number of imide groups is 1. The van der Waals surface area contributed by atoms with Crippen LogP contribution in [0, 0.1) is 5.92 Å². The Morgan fingerprint density at radius 2 is 1.49 bits per heavy atom. The first-order valence-corrected chi connectivity index (χ1v) is 11.9. The maximum absolute atomic E-state index is 14.1. The van der Waals surface area contributed by atoms with Gasteiger partial charge in [0, 0.05) is 5.92 Å². The average molecular weight is 485 g/mol. The second-order valence-electron chi connectivity index (χ2n) is 11.6. The van der Waals surface area contributed by atoms with Gasteiger partial charge in [0.15, 0.2) is 12.3 Å². The zero-order valence-electron chi connectivity index (χ0n) is 21.7. The molecule has 0 aliphatic carbocycles. The van der Waals surface area contributed by atoms with Crippen LogP contribution < -0.4 is 0 Å². The van der Waals surface area contributed by atoms with Crippen molar-refractivity contribution >= 4 is 23.8 Å². The van der Waals surface area contributed by atoms with Crippen molar-refractivity contribution in [2.24, 2.45) is 5.92 Å². The third kappa shape index (κ3) is 4.11. The summed E-state index contributed by atoms with van der Waals surface area (Å²) in [7, 11) is 0. The molecular formula is C26H34N3O6+. The molecule has 2 atom stereocenters. The Morgan fingerprint density at radius 3 is 1.94 bits per heavy atom. The van der Waals surface area contributed by atoms with E-state index in [-0.39, 0.29) is 34.6 Å². The predicted octanol–water partition coefficient (Wildman–Crippen LogP) is 3.86. The van der Waals surface area contributed by atoms with Crippen molar-refractivity contribution in [2.45, 2.75) is 72.6 Å². The van der Waals surface area contributed by atoms with E-state index in [2.05, 4.69) is 0 Å². The minimum Gasteiger partial charge on any atom is -0.484 e. The topological polar surface area (TPSA) is 93.2 Å². The van der Waals surface area contributed by atoms with Crippen LogP contribution in [0.3, 0.4) is 0 Å². The van der Waals surface area contributed by atoms with E-state index in [0.29, 0.717) is 11.5 Å². The number of esters is 1. The molecule has 1 aromatic carbocycles. The van der Waals surface area contributed by atoms with Crippen molar-refractivity contribution in [3.8, 4) is 0 Å². The highest BCUT2D eigenvalue weighted by molar-refractivity contribution is 6.21. The Labute approximate surface area is 205 Å². The van der Waals surface area contributed by atoms with Crippen molar-refractivity contribution in [3.05, 3.63) is 46.8 Å². The van der Waals surface area contributed by atoms with Crippen molar-refractivity contribution < 1.29 is 33.1 Å². The second-order valence-corrected chi connectivity index (χ2v) is 11.6. The van der Waals surface area contributed by atoms with Crippen molar-refractivity contribution in [1.82, 2.24) is 10.0 Å². The highest BCUT2D eigenvalue weighted by Gasteiger charge is 2.73. The van der Waals surface area contributed by atoms with Crippen LogP contribution >= 0.6 is 0 Å². The van der Waals surface area contributed by atoms with Gasteiger partial charge in [0.25, 0.3) is 11.8 Å². The standard InChI is InChI=1S/C26H34N3O6/c1-15(2)20(23(32)35-26(6,7)8)29-14-18(29)19(34-25(3,4)5)13-27(24(29)33)28-21(30)16-11-9-10-12-17(16)22(28)31/h9-12,15,20H,13-14H2,1-8H3/q+1/t20-,29?/m0/s1. The fourth-order valence-electron chi connectivity index (χ4n) is 4.92. The number of rotatable bonds is 5. The normalized spacial score (nSPS) is 22.9. The number of hydrazine groups is 1. The van der Waals surface area contributed by atoms with E-state index in [0.717, 1.165) is 10.0 Å². The molecule has 9 nitrogen and oxygen atoms in total. The Balaban J connectivity index is 1.80. The molecule has 3 aliphatic rings. The van der Waals surface area contributed by atoms with E-state index in [1.807, 2.05) is 34.6 Å². The monoisotopic (exact) mass is 484 g/mol. The Hall–Kier alpha value is -3.20. The van der Waals surface area contributed by atoms with Gasteiger partial charge in [-0.05, 0) is 53.7 Å². The molecule has 3 heterocycles. The number of carbonyl (C=O) groups is 4. The van der Waals surface area contributed by atoms with Gasteiger partial charge in [-0.15, -0.1) is 0 Å². The number of nitrogens with zero attached hydrogens (tertiary/aromatic N) is 3. The maximum Gasteiger partial charge on any atom is 0.445 e. The molecule has 35 heavy (non-hydrogen) atoms. The van der Waals surface area contributed by atoms with Gasteiger partial charge in [-0.2, -0.15) is 14.5 Å². The molecule has 0 spiro atoms. The molecule has 0 N–H and O–H groups in total. The van der Waals surface area contributed by atoms with Gasteiger partial charge >= 0.3 is 12.0 Å². The number of ether oxygens (including phenoxy) is 2. The summed E-state index contributed by atoms with van der Waals surface area (Å²) in [6, 6.07) is 5.11. The Bertz CT molecular complexity index is 1120. The van der Waals surface area contributed by atoms with E-state index in [1.165, 1.54) is 0 Å². The number of carbonyl (C=O) groups excluding carboxylic acids is 4. The first kappa shape index (κ1) is 24.9. The van der Waals surface area contributed by atoms with Gasteiger partial charge in [-0.1, -0.05) is 26.0 Å². The Morgan fingerprint density at radius 1 is 0.943 bits per heavy atom. The summed E-state index contributed by atoms with van der Waals surface area (Å²) in [5.41, 5.74) is -0.170. The summed E-state index contributed by atoms with van der Waals surface area (Å²) in [4.78, 5) is 54.0. The summed E-state index contributed by atoms with van der Waals surface area (Å²) in [6.07, 6.45) is 0. The first-order valence-electron chi connectivity index (χ1n) is 11.9. The van der Waals surface area contributed by atoms with Gasteiger partial charge in [-0.25, -0.2) is 9.59 Å². The lowest BCUT2D eigenvalue weighted by atomic mass is 10.0. The quantitative estimate of drug-likeness (QED) is 0.273. The van der Waals surface area contributed by atoms with Crippen LogP contribution in [0.5, 0.6) is 0 Å². The summed E-state index contributed by atoms with van der Waals surface area (Å²) in [5.74, 6) is -1.42. The number of benzene rings is 1. The van der Waals surface area contributed by atoms with Crippen LogP contribution in [0.1, 0.15) is 76.1 Å². The summed E-state index contributed by atoms with van der Waals surface area (Å²) in [6.45, 7) is 14.9. The van der Waals surface area contributed by atoms with Gasteiger partial charge in [0.1, 0.15) is 17.7 Å². The number of hydrogen-bond acceptors (Lipinski definition) is 6. The SMILES string of the molecule is CC(C)[C@@H](C(=O)OC(C)(C)C)[N+]12CC1=C(OC(C)(C)C)CN(N1C(=O)c3ccccc3C1=O)C2=O. The van der Waals surface area contributed by atoms with E-state index < -0.39 is 41.1 Å². The smallest absolute Gasteiger partial charge is 0.445 e. The zero-order chi connectivity index (χ0) is 26.1. The van der Waals surface area contributed by atoms with E-state index in [1.54, 1.807) is 45.0 Å².